The molecule has 3 N–H and O–H groups in total. The predicted molar refractivity (Wildman–Crippen MR) is 72.2 cm³/mol. The lowest BCUT2D eigenvalue weighted by molar-refractivity contribution is 0.0946. The van der Waals surface area contributed by atoms with Gasteiger partial charge >= 0.3 is 0 Å². The van der Waals surface area contributed by atoms with Crippen LogP contribution in [-0.4, -0.2) is 17.4 Å². The van der Waals surface area contributed by atoms with Crippen molar-refractivity contribution in [2.24, 2.45) is 11.8 Å². The summed E-state index contributed by atoms with van der Waals surface area (Å²) in [6.45, 7) is 4.86. The highest BCUT2D eigenvalue weighted by Gasteiger charge is 2.22. The van der Waals surface area contributed by atoms with E-state index >= 15 is 0 Å². The van der Waals surface area contributed by atoms with E-state index < -0.39 is 0 Å². The van der Waals surface area contributed by atoms with Crippen LogP contribution in [0.3, 0.4) is 0 Å². The number of hydrogen-bond donors (Lipinski definition) is 2. The Morgan fingerprint density at radius 2 is 2.33 bits per heavy atom. The van der Waals surface area contributed by atoms with Gasteiger partial charge in [-0.3, -0.25) is 9.78 Å². The molecule has 0 spiro atoms. The van der Waals surface area contributed by atoms with Gasteiger partial charge in [-0.1, -0.05) is 13.3 Å². The van der Waals surface area contributed by atoms with E-state index in [2.05, 4.69) is 17.2 Å². The summed E-state index contributed by atoms with van der Waals surface area (Å²) in [5.41, 5.74) is 7.50. The van der Waals surface area contributed by atoms with Gasteiger partial charge in [0.15, 0.2) is 0 Å². The molecule has 4 nitrogen and oxygen atoms in total. The zero-order valence-corrected chi connectivity index (χ0v) is 11.1. The Balaban J connectivity index is 1.93. The van der Waals surface area contributed by atoms with Gasteiger partial charge in [0.05, 0.1) is 23.1 Å². The number of nitrogens with one attached hydrogen (secondary N) is 1. The highest BCUT2D eigenvalue weighted by atomic mass is 16.1. The number of amides is 1. The predicted octanol–water partition coefficient (Wildman–Crippen LogP) is 2.14. The van der Waals surface area contributed by atoms with Gasteiger partial charge < -0.3 is 11.1 Å². The Morgan fingerprint density at radius 3 is 3.00 bits per heavy atom. The van der Waals surface area contributed by atoms with Crippen LogP contribution >= 0.6 is 0 Å². The summed E-state index contributed by atoms with van der Waals surface area (Å²) < 4.78 is 0. The first-order valence-electron chi connectivity index (χ1n) is 6.56. The SMILES string of the molecule is Cc1ncc(N)cc1C(=O)NCC1CCC(C)C1. The molecule has 2 atom stereocenters. The van der Waals surface area contributed by atoms with Gasteiger partial charge in [-0.2, -0.15) is 0 Å². The summed E-state index contributed by atoms with van der Waals surface area (Å²) in [6, 6.07) is 1.69. The van der Waals surface area contributed by atoms with Gasteiger partial charge in [0.25, 0.3) is 5.91 Å². The van der Waals surface area contributed by atoms with E-state index in [4.69, 9.17) is 5.73 Å². The summed E-state index contributed by atoms with van der Waals surface area (Å²) in [6.07, 6.45) is 5.29. The molecule has 0 radical (unpaired) electrons. The van der Waals surface area contributed by atoms with E-state index in [0.29, 0.717) is 17.2 Å². The standard InChI is InChI=1S/C14H21N3O/c1-9-3-4-11(5-9)7-17-14(18)13-6-12(15)8-16-10(13)2/h6,8-9,11H,3-5,7,15H2,1-2H3,(H,17,18). The van der Waals surface area contributed by atoms with E-state index in [1.54, 1.807) is 12.3 Å². The lowest BCUT2D eigenvalue weighted by Crippen LogP contribution is -2.29. The smallest absolute Gasteiger partial charge is 0.253 e. The highest BCUT2D eigenvalue weighted by molar-refractivity contribution is 5.95. The second-order valence-corrected chi connectivity index (χ2v) is 5.40. The quantitative estimate of drug-likeness (QED) is 0.859. The Kier molecular flexibility index (Phi) is 3.84. The van der Waals surface area contributed by atoms with Crippen LogP contribution in [0.25, 0.3) is 0 Å². The highest BCUT2D eigenvalue weighted by Crippen LogP contribution is 2.29. The molecule has 1 heterocycles. The van der Waals surface area contributed by atoms with Crippen molar-refractivity contribution >= 4 is 11.6 Å². The zero-order valence-electron chi connectivity index (χ0n) is 11.1. The molecule has 4 heteroatoms. The van der Waals surface area contributed by atoms with Crippen LogP contribution in [0.1, 0.15) is 42.2 Å². The van der Waals surface area contributed by atoms with Gasteiger partial charge in [0.2, 0.25) is 0 Å². The number of anilines is 1. The molecule has 0 aromatic carbocycles. The Labute approximate surface area is 108 Å². The van der Waals surface area contributed by atoms with Crippen molar-refractivity contribution in [1.29, 1.82) is 0 Å². The van der Waals surface area contributed by atoms with Gasteiger partial charge in [0.1, 0.15) is 0 Å². The molecule has 1 aromatic rings. The van der Waals surface area contributed by atoms with Crippen LogP contribution in [0.4, 0.5) is 5.69 Å². The third-order valence-corrected chi connectivity index (χ3v) is 3.71. The molecule has 98 valence electrons. The van der Waals surface area contributed by atoms with E-state index in [0.717, 1.165) is 18.2 Å². The van der Waals surface area contributed by atoms with Crippen molar-refractivity contribution in [3.63, 3.8) is 0 Å². The van der Waals surface area contributed by atoms with Crippen molar-refractivity contribution in [2.45, 2.75) is 33.1 Å². The minimum atomic E-state index is -0.0631. The first-order chi connectivity index (χ1) is 8.56. The molecule has 2 rings (SSSR count). The first kappa shape index (κ1) is 12.9. The van der Waals surface area contributed by atoms with E-state index in [1.807, 2.05) is 6.92 Å². The molecule has 0 bridgehead atoms. The van der Waals surface area contributed by atoms with Gasteiger partial charge in [0, 0.05) is 6.54 Å². The Bertz CT molecular complexity index is 445. The molecule has 1 aromatic heterocycles. The molecule has 2 unspecified atom stereocenters. The number of carbonyl (C=O) groups is 1. The molecule has 0 aliphatic heterocycles. The van der Waals surface area contributed by atoms with Crippen molar-refractivity contribution in [3.8, 4) is 0 Å². The molecule has 1 fully saturated rings. The van der Waals surface area contributed by atoms with Gasteiger partial charge in [-0.15, -0.1) is 0 Å². The second-order valence-electron chi connectivity index (χ2n) is 5.40. The maximum Gasteiger partial charge on any atom is 0.253 e. The summed E-state index contributed by atoms with van der Waals surface area (Å²) in [5, 5.41) is 3.00. The van der Waals surface area contributed by atoms with Crippen LogP contribution < -0.4 is 11.1 Å². The molecule has 18 heavy (non-hydrogen) atoms. The van der Waals surface area contributed by atoms with E-state index in [-0.39, 0.29) is 5.91 Å². The summed E-state index contributed by atoms with van der Waals surface area (Å²) in [4.78, 5) is 16.2. The van der Waals surface area contributed by atoms with Crippen molar-refractivity contribution in [3.05, 3.63) is 23.5 Å². The number of pyridine rings is 1. The number of nitrogens with two attached hydrogens (primary N) is 1. The number of nitrogen functional groups attached to an aromatic ring is 1. The molecular formula is C14H21N3O. The second kappa shape index (κ2) is 5.38. The average Bonchev–Trinajstić information content (AvgIpc) is 2.75. The van der Waals surface area contributed by atoms with Crippen LogP contribution in [-0.2, 0) is 0 Å². The molecule has 1 saturated carbocycles. The normalized spacial score (nSPS) is 23.0. The summed E-state index contributed by atoms with van der Waals surface area (Å²) in [7, 11) is 0. The molecule has 1 amide bonds. The topological polar surface area (TPSA) is 68.0 Å². The van der Waals surface area contributed by atoms with Crippen LogP contribution in [0.15, 0.2) is 12.3 Å². The molecule has 1 aliphatic rings. The summed E-state index contributed by atoms with van der Waals surface area (Å²) >= 11 is 0. The van der Waals surface area contributed by atoms with E-state index in [1.165, 1.54) is 19.3 Å². The summed E-state index contributed by atoms with van der Waals surface area (Å²) in [5.74, 6) is 1.35. The Hall–Kier alpha value is -1.58. The largest absolute Gasteiger partial charge is 0.397 e. The molecular weight excluding hydrogens is 226 g/mol. The van der Waals surface area contributed by atoms with Crippen molar-refractivity contribution < 1.29 is 4.79 Å². The third-order valence-electron chi connectivity index (χ3n) is 3.71. The number of aryl methyl sites for hydroxylation is 1. The number of nitrogens with zero attached hydrogens (tertiary/aromatic N) is 1. The fourth-order valence-electron chi connectivity index (χ4n) is 2.62. The molecule has 0 saturated heterocycles. The minimum absolute atomic E-state index is 0.0631. The molecule has 1 aliphatic carbocycles. The zero-order chi connectivity index (χ0) is 13.1. The van der Waals surface area contributed by atoms with E-state index in [9.17, 15) is 4.79 Å². The average molecular weight is 247 g/mol. The first-order valence-corrected chi connectivity index (χ1v) is 6.56. The van der Waals surface area contributed by atoms with Gasteiger partial charge in [-0.05, 0) is 37.7 Å². The fraction of sp³-hybridized carbons (Fsp3) is 0.571. The third kappa shape index (κ3) is 3.00. The van der Waals surface area contributed by atoms with Crippen molar-refractivity contribution in [2.75, 3.05) is 12.3 Å². The monoisotopic (exact) mass is 247 g/mol. The number of rotatable bonds is 3. The lowest BCUT2D eigenvalue weighted by atomic mass is 10.1. The van der Waals surface area contributed by atoms with Crippen LogP contribution in [0.5, 0.6) is 0 Å². The minimum Gasteiger partial charge on any atom is -0.397 e. The Morgan fingerprint density at radius 1 is 1.56 bits per heavy atom. The number of hydrogen-bond acceptors (Lipinski definition) is 3. The maximum atomic E-state index is 12.0. The number of aromatic nitrogens is 1. The van der Waals surface area contributed by atoms with Crippen LogP contribution in [0, 0.1) is 18.8 Å². The van der Waals surface area contributed by atoms with Crippen LogP contribution in [0.2, 0.25) is 0 Å². The fourth-order valence-corrected chi connectivity index (χ4v) is 2.62. The maximum absolute atomic E-state index is 12.0. The van der Waals surface area contributed by atoms with Crippen molar-refractivity contribution in [1.82, 2.24) is 10.3 Å². The number of carbonyl (C=O) groups excluding carboxylic acids is 1. The van der Waals surface area contributed by atoms with Gasteiger partial charge in [-0.25, -0.2) is 0 Å². The lowest BCUT2D eigenvalue weighted by Gasteiger charge is -2.12.